The Hall–Kier alpha value is -2.14. The highest BCUT2D eigenvalue weighted by atomic mass is 16.5. The first kappa shape index (κ1) is 23.9. The third-order valence-electron chi connectivity index (χ3n) is 5.01. The van der Waals surface area contributed by atoms with Crippen LogP contribution in [0.1, 0.15) is 58.9 Å². The van der Waals surface area contributed by atoms with Gasteiger partial charge < -0.3 is 14.8 Å². The lowest BCUT2D eigenvalue weighted by molar-refractivity contribution is -0.146. The summed E-state index contributed by atoms with van der Waals surface area (Å²) in [6, 6.07) is 8.80. The van der Waals surface area contributed by atoms with Crippen molar-refractivity contribution in [2.24, 2.45) is 0 Å². The first-order valence-corrected chi connectivity index (χ1v) is 9.96. The molecule has 1 aromatic rings. The Labute approximate surface area is 169 Å². The Morgan fingerprint density at radius 3 is 2.43 bits per heavy atom. The van der Waals surface area contributed by atoms with Crippen molar-refractivity contribution in [3.63, 3.8) is 0 Å². The van der Waals surface area contributed by atoms with E-state index in [1.807, 2.05) is 51.1 Å². The van der Waals surface area contributed by atoms with E-state index in [-0.39, 0.29) is 5.91 Å². The van der Waals surface area contributed by atoms with Crippen LogP contribution in [0.4, 0.5) is 0 Å². The van der Waals surface area contributed by atoms with Gasteiger partial charge in [0.05, 0.1) is 12.5 Å². The van der Waals surface area contributed by atoms with Crippen LogP contribution in [0.15, 0.2) is 42.0 Å². The second kappa shape index (κ2) is 12.3. The molecule has 0 saturated heterocycles. The van der Waals surface area contributed by atoms with E-state index in [9.17, 15) is 9.59 Å². The fraction of sp³-hybridized carbons (Fsp3) is 0.565. The minimum absolute atomic E-state index is 0.212. The van der Waals surface area contributed by atoms with Crippen molar-refractivity contribution >= 4 is 11.9 Å². The third kappa shape index (κ3) is 7.85. The van der Waals surface area contributed by atoms with E-state index >= 15 is 0 Å². The quantitative estimate of drug-likeness (QED) is 0.331. The summed E-state index contributed by atoms with van der Waals surface area (Å²) >= 11 is 0. The lowest BCUT2D eigenvalue weighted by Crippen LogP contribution is -2.49. The highest BCUT2D eigenvalue weighted by Gasteiger charge is 2.33. The van der Waals surface area contributed by atoms with Crippen molar-refractivity contribution in [1.29, 1.82) is 0 Å². The molecule has 1 amide bonds. The smallest absolute Gasteiger partial charge is 0.328 e. The van der Waals surface area contributed by atoms with Crippen LogP contribution in [0.5, 0.6) is 0 Å². The number of hydrogen-bond acceptors (Lipinski definition) is 4. The Morgan fingerprint density at radius 2 is 1.82 bits per heavy atom. The Balaban J connectivity index is 2.50. The number of rotatable bonds is 12. The van der Waals surface area contributed by atoms with Gasteiger partial charge in [-0.2, -0.15) is 0 Å². The molecular formula is C23H35NO4. The zero-order chi connectivity index (χ0) is 21.0. The summed E-state index contributed by atoms with van der Waals surface area (Å²) in [5.74, 6) is -0.666. The van der Waals surface area contributed by atoms with Gasteiger partial charge in [-0.3, -0.25) is 4.79 Å². The van der Waals surface area contributed by atoms with Crippen LogP contribution in [-0.4, -0.2) is 38.2 Å². The number of amides is 1. The molecule has 0 aromatic heterocycles. The zero-order valence-electron chi connectivity index (χ0n) is 17.9. The standard InChI is InChI=1S/C23H35NO4/c1-6-18(2)12-10-11-16-28-17-15-20(21(25)27-5)24-22(26)23(3,4)19-13-8-7-9-14-19/h6-9,13-14,20H,10-12,15-17H2,1-5H3,(H,24,26)/b18-6+. The first-order chi connectivity index (χ1) is 13.3. The van der Waals surface area contributed by atoms with E-state index in [0.717, 1.165) is 24.8 Å². The Kier molecular flexibility index (Phi) is 10.5. The van der Waals surface area contributed by atoms with Crippen molar-refractivity contribution in [3.8, 4) is 0 Å². The molecule has 1 aromatic carbocycles. The van der Waals surface area contributed by atoms with Gasteiger partial charge in [-0.1, -0.05) is 42.0 Å². The molecule has 1 atom stereocenters. The molecule has 0 heterocycles. The van der Waals surface area contributed by atoms with Gasteiger partial charge in [0.25, 0.3) is 0 Å². The maximum Gasteiger partial charge on any atom is 0.328 e. The number of carbonyl (C=O) groups excluding carboxylic acids is 2. The number of allylic oxidation sites excluding steroid dienone is 2. The van der Waals surface area contributed by atoms with Gasteiger partial charge in [-0.05, 0) is 52.5 Å². The summed E-state index contributed by atoms with van der Waals surface area (Å²) in [6.45, 7) is 8.90. The summed E-state index contributed by atoms with van der Waals surface area (Å²) in [5.41, 5.74) is 1.53. The molecule has 0 aliphatic carbocycles. The summed E-state index contributed by atoms with van der Waals surface area (Å²) in [4.78, 5) is 24.9. The number of hydrogen-bond donors (Lipinski definition) is 1. The molecule has 5 heteroatoms. The Morgan fingerprint density at radius 1 is 1.14 bits per heavy atom. The van der Waals surface area contributed by atoms with Crippen molar-refractivity contribution in [1.82, 2.24) is 5.32 Å². The summed E-state index contributed by atoms with van der Waals surface area (Å²) in [7, 11) is 1.33. The van der Waals surface area contributed by atoms with Gasteiger partial charge in [0.2, 0.25) is 5.91 Å². The number of ether oxygens (including phenoxy) is 2. The minimum Gasteiger partial charge on any atom is -0.467 e. The molecule has 1 rings (SSSR count). The average Bonchev–Trinajstić information content (AvgIpc) is 2.71. The van der Waals surface area contributed by atoms with E-state index in [1.165, 1.54) is 12.7 Å². The maximum absolute atomic E-state index is 12.8. The molecule has 0 saturated carbocycles. The summed E-state index contributed by atoms with van der Waals surface area (Å²) in [5, 5.41) is 2.83. The predicted octanol–water partition coefficient (Wildman–Crippen LogP) is 4.17. The van der Waals surface area contributed by atoms with Crippen LogP contribution in [0.25, 0.3) is 0 Å². The first-order valence-electron chi connectivity index (χ1n) is 9.96. The molecular weight excluding hydrogens is 354 g/mol. The largest absolute Gasteiger partial charge is 0.467 e. The molecule has 0 spiro atoms. The number of esters is 1. The molecule has 0 radical (unpaired) electrons. The van der Waals surface area contributed by atoms with Gasteiger partial charge in [0.1, 0.15) is 6.04 Å². The fourth-order valence-electron chi connectivity index (χ4n) is 2.77. The fourth-order valence-corrected chi connectivity index (χ4v) is 2.77. The maximum atomic E-state index is 12.8. The van der Waals surface area contributed by atoms with Crippen molar-refractivity contribution < 1.29 is 19.1 Å². The predicted molar refractivity (Wildman–Crippen MR) is 112 cm³/mol. The molecule has 0 bridgehead atoms. The van der Waals surface area contributed by atoms with E-state index in [2.05, 4.69) is 18.3 Å². The molecule has 0 aliphatic heterocycles. The number of methoxy groups -OCH3 is 1. The number of benzene rings is 1. The summed E-state index contributed by atoms with van der Waals surface area (Å²) < 4.78 is 10.5. The molecule has 28 heavy (non-hydrogen) atoms. The minimum atomic E-state index is -0.751. The van der Waals surface area contributed by atoms with E-state index in [0.29, 0.717) is 19.6 Å². The highest BCUT2D eigenvalue weighted by molar-refractivity contribution is 5.91. The average molecular weight is 390 g/mol. The van der Waals surface area contributed by atoms with Crippen molar-refractivity contribution in [2.75, 3.05) is 20.3 Å². The second-order valence-corrected chi connectivity index (χ2v) is 7.53. The number of nitrogens with one attached hydrogen (secondary N) is 1. The van der Waals surface area contributed by atoms with Gasteiger partial charge in [-0.15, -0.1) is 0 Å². The monoisotopic (exact) mass is 389 g/mol. The molecule has 1 N–H and O–H groups in total. The number of unbranched alkanes of at least 4 members (excludes halogenated alkanes) is 1. The van der Waals surface area contributed by atoms with Crippen LogP contribution >= 0.6 is 0 Å². The lowest BCUT2D eigenvalue weighted by atomic mass is 9.83. The molecule has 0 fully saturated rings. The summed E-state index contributed by atoms with van der Waals surface area (Å²) in [6.07, 6.45) is 5.65. The van der Waals surface area contributed by atoms with Crippen LogP contribution in [0.2, 0.25) is 0 Å². The van der Waals surface area contributed by atoms with Gasteiger partial charge in [0, 0.05) is 19.6 Å². The second-order valence-electron chi connectivity index (χ2n) is 7.53. The molecule has 1 unspecified atom stereocenters. The van der Waals surface area contributed by atoms with E-state index in [1.54, 1.807) is 0 Å². The van der Waals surface area contributed by atoms with E-state index < -0.39 is 17.4 Å². The highest BCUT2D eigenvalue weighted by Crippen LogP contribution is 2.23. The van der Waals surface area contributed by atoms with Crippen LogP contribution in [0, 0.1) is 0 Å². The molecule has 0 aliphatic rings. The molecule has 156 valence electrons. The third-order valence-corrected chi connectivity index (χ3v) is 5.01. The topological polar surface area (TPSA) is 64.6 Å². The number of carbonyl (C=O) groups is 2. The van der Waals surface area contributed by atoms with Crippen LogP contribution in [0.3, 0.4) is 0 Å². The molecule has 5 nitrogen and oxygen atoms in total. The van der Waals surface area contributed by atoms with Gasteiger partial charge >= 0.3 is 5.97 Å². The zero-order valence-corrected chi connectivity index (χ0v) is 17.9. The normalized spacial score (nSPS) is 13.1. The van der Waals surface area contributed by atoms with Crippen LogP contribution < -0.4 is 5.32 Å². The van der Waals surface area contributed by atoms with Gasteiger partial charge in [0.15, 0.2) is 0 Å². The Bertz CT molecular complexity index is 637. The van der Waals surface area contributed by atoms with E-state index in [4.69, 9.17) is 9.47 Å². The lowest BCUT2D eigenvalue weighted by Gasteiger charge is -2.27. The van der Waals surface area contributed by atoms with Crippen molar-refractivity contribution in [2.45, 2.75) is 64.8 Å². The SMILES string of the molecule is C/C=C(\C)CCCCOCCC(NC(=O)C(C)(C)c1ccccc1)C(=O)OC. The van der Waals surface area contributed by atoms with Gasteiger partial charge in [-0.25, -0.2) is 4.79 Å². The van der Waals surface area contributed by atoms with Crippen LogP contribution in [-0.2, 0) is 24.5 Å². The van der Waals surface area contributed by atoms with Crippen molar-refractivity contribution in [3.05, 3.63) is 47.5 Å².